The number of benzene rings is 3. The first-order valence-electron chi connectivity index (χ1n) is 24.0. The van der Waals surface area contributed by atoms with Crippen molar-refractivity contribution in [1.29, 1.82) is 0 Å². The van der Waals surface area contributed by atoms with Crippen molar-refractivity contribution in [2.75, 3.05) is 27.3 Å². The molecule has 7 atom stereocenters. The number of fused-ring (bicyclic) bond motifs is 6. The number of aliphatic imine (C=N–C) groups is 2. The Morgan fingerprint density at radius 2 is 1.25 bits per heavy atom. The number of hydrogen-bond acceptors (Lipinski definition) is 8. The Labute approximate surface area is 378 Å². The highest BCUT2D eigenvalue weighted by Crippen LogP contribution is 2.58. The van der Waals surface area contributed by atoms with E-state index < -0.39 is 11.8 Å². The SMILES string of the molecule is CC[C@H](C)C(CC(=O)OC)C(=O)N1CCC[C@H]1C1=Nc2ccc(-c3ccc(-c4ccc(C5=CN=C([C@@H]6CCCN6C(=O)[C@@H](CC(=O)OC)C(C)C)C5)cc4)c4c3C3CCC4C3)cc2C1. The number of carbonyl (C=O) groups is 4. The molecular weight excluding hydrogens is 801 g/mol. The molecular formula is C54H64N4O6. The maximum Gasteiger partial charge on any atom is 0.306 e. The van der Waals surface area contributed by atoms with Crippen molar-refractivity contribution >= 4 is 46.4 Å². The predicted octanol–water partition coefficient (Wildman–Crippen LogP) is 10.2. The zero-order valence-electron chi connectivity index (χ0n) is 38.5. The number of methoxy groups -OCH3 is 2. The first-order valence-corrected chi connectivity index (χ1v) is 24.0. The molecule has 9 rings (SSSR count). The second-order valence-corrected chi connectivity index (χ2v) is 19.6. The van der Waals surface area contributed by atoms with Crippen molar-refractivity contribution in [1.82, 2.24) is 9.80 Å². The number of nitrogens with zero attached hydrogens (tertiary/aromatic N) is 4. The van der Waals surface area contributed by atoms with Gasteiger partial charge in [-0.15, -0.1) is 0 Å². The van der Waals surface area contributed by atoms with E-state index in [4.69, 9.17) is 19.5 Å². The molecule has 3 fully saturated rings. The van der Waals surface area contributed by atoms with Crippen LogP contribution in [0.2, 0.25) is 0 Å². The van der Waals surface area contributed by atoms with Gasteiger partial charge in [0.05, 0.1) is 56.7 Å². The fourth-order valence-electron chi connectivity index (χ4n) is 11.9. The maximum absolute atomic E-state index is 14.0. The van der Waals surface area contributed by atoms with Gasteiger partial charge in [-0.3, -0.25) is 29.2 Å². The van der Waals surface area contributed by atoms with E-state index in [2.05, 4.69) is 68.4 Å². The van der Waals surface area contributed by atoms with Crippen LogP contribution in [0.5, 0.6) is 0 Å². The highest BCUT2D eigenvalue weighted by atomic mass is 16.5. The molecule has 10 heteroatoms. The van der Waals surface area contributed by atoms with Crippen LogP contribution in [0.1, 0.15) is 132 Å². The van der Waals surface area contributed by atoms with Crippen molar-refractivity contribution in [3.8, 4) is 22.3 Å². The summed E-state index contributed by atoms with van der Waals surface area (Å²) >= 11 is 0. The molecule has 6 aliphatic rings. The molecule has 10 nitrogen and oxygen atoms in total. The van der Waals surface area contributed by atoms with Gasteiger partial charge in [-0.1, -0.05) is 76.6 Å². The Morgan fingerprint density at radius 3 is 1.86 bits per heavy atom. The summed E-state index contributed by atoms with van der Waals surface area (Å²) in [5.41, 5.74) is 14.8. The monoisotopic (exact) mass is 864 g/mol. The lowest BCUT2D eigenvalue weighted by molar-refractivity contribution is -0.148. The van der Waals surface area contributed by atoms with E-state index in [1.54, 1.807) is 0 Å². The fourth-order valence-corrected chi connectivity index (χ4v) is 11.9. The molecule has 0 radical (unpaired) electrons. The van der Waals surface area contributed by atoms with Gasteiger partial charge in [0, 0.05) is 43.6 Å². The van der Waals surface area contributed by atoms with Gasteiger partial charge in [-0.2, -0.15) is 0 Å². The van der Waals surface area contributed by atoms with Crippen molar-refractivity contribution in [3.63, 3.8) is 0 Å². The third-order valence-electron chi connectivity index (χ3n) is 15.7. The van der Waals surface area contributed by atoms with Crippen LogP contribution in [0.3, 0.4) is 0 Å². The lowest BCUT2D eigenvalue weighted by Crippen LogP contribution is -2.45. The number of hydrogen-bond donors (Lipinski definition) is 0. The molecule has 1 saturated carbocycles. The number of amides is 2. The second kappa shape index (κ2) is 18.2. The minimum absolute atomic E-state index is 0.0287. The van der Waals surface area contributed by atoms with E-state index in [1.165, 1.54) is 78.0 Å². The van der Waals surface area contributed by atoms with Crippen LogP contribution in [0.15, 0.2) is 70.8 Å². The molecule has 336 valence electrons. The first-order chi connectivity index (χ1) is 31.0. The van der Waals surface area contributed by atoms with Crippen LogP contribution in [0.25, 0.3) is 27.8 Å². The van der Waals surface area contributed by atoms with Crippen LogP contribution in [0, 0.1) is 23.7 Å². The molecule has 2 bridgehead atoms. The third kappa shape index (κ3) is 8.15. The summed E-state index contributed by atoms with van der Waals surface area (Å²) < 4.78 is 9.91. The van der Waals surface area contributed by atoms with E-state index >= 15 is 0 Å². The zero-order valence-corrected chi connectivity index (χ0v) is 38.5. The van der Waals surface area contributed by atoms with Crippen LogP contribution in [0.4, 0.5) is 5.69 Å². The highest BCUT2D eigenvalue weighted by Gasteiger charge is 2.43. The molecule has 4 heterocycles. The summed E-state index contributed by atoms with van der Waals surface area (Å²) in [5.74, 6) is -0.147. The molecule has 3 aromatic carbocycles. The smallest absolute Gasteiger partial charge is 0.306 e. The summed E-state index contributed by atoms with van der Waals surface area (Å²) in [6.07, 6.45) is 11.8. The van der Waals surface area contributed by atoms with Crippen molar-refractivity contribution in [2.24, 2.45) is 33.7 Å². The molecule has 2 amide bonds. The van der Waals surface area contributed by atoms with Crippen molar-refractivity contribution < 1.29 is 28.7 Å². The summed E-state index contributed by atoms with van der Waals surface area (Å²) in [4.78, 5) is 66.3. The summed E-state index contributed by atoms with van der Waals surface area (Å²) in [7, 11) is 2.77. The Bertz CT molecular complexity index is 2430. The molecule has 2 saturated heterocycles. The van der Waals surface area contributed by atoms with E-state index in [9.17, 15) is 19.2 Å². The number of carbonyl (C=O) groups excluding carboxylic acids is 4. The van der Waals surface area contributed by atoms with Gasteiger partial charge in [0.1, 0.15) is 0 Å². The molecule has 4 aliphatic heterocycles. The first kappa shape index (κ1) is 43.9. The number of rotatable bonds is 14. The molecule has 0 N–H and O–H groups in total. The minimum Gasteiger partial charge on any atom is -0.469 e. The van der Waals surface area contributed by atoms with Gasteiger partial charge in [0.25, 0.3) is 0 Å². The Kier molecular flexibility index (Phi) is 12.5. The topological polar surface area (TPSA) is 118 Å². The maximum atomic E-state index is 14.0. The predicted molar refractivity (Wildman–Crippen MR) is 251 cm³/mol. The van der Waals surface area contributed by atoms with E-state index in [0.29, 0.717) is 31.3 Å². The Hall–Kier alpha value is -5.38. The quantitative estimate of drug-likeness (QED) is 0.149. The van der Waals surface area contributed by atoms with Gasteiger partial charge in [-0.05, 0) is 131 Å². The molecule has 0 aromatic heterocycles. The van der Waals surface area contributed by atoms with E-state index in [-0.39, 0.29) is 60.5 Å². The zero-order chi connectivity index (χ0) is 44.8. The van der Waals surface area contributed by atoms with Gasteiger partial charge in [-0.25, -0.2) is 0 Å². The Morgan fingerprint density at radius 1 is 0.688 bits per heavy atom. The lowest BCUT2D eigenvalue weighted by Gasteiger charge is -2.31. The molecule has 3 unspecified atom stereocenters. The van der Waals surface area contributed by atoms with Gasteiger partial charge >= 0.3 is 11.9 Å². The number of ether oxygens (including phenoxy) is 2. The largest absolute Gasteiger partial charge is 0.469 e. The summed E-state index contributed by atoms with van der Waals surface area (Å²) in [6.45, 7) is 9.51. The second-order valence-electron chi connectivity index (χ2n) is 19.6. The van der Waals surface area contributed by atoms with E-state index in [1.807, 2.05) is 29.8 Å². The van der Waals surface area contributed by atoms with E-state index in [0.717, 1.165) is 61.2 Å². The Balaban J connectivity index is 0.898. The fraction of sp³-hybridized carbons (Fsp3) is 0.519. The normalized spacial score (nSPS) is 23.4. The van der Waals surface area contributed by atoms with Crippen LogP contribution < -0.4 is 0 Å². The van der Waals surface area contributed by atoms with Crippen LogP contribution in [-0.4, -0.2) is 84.4 Å². The third-order valence-corrected chi connectivity index (χ3v) is 15.7. The number of likely N-dealkylation sites (tertiary alicyclic amines) is 2. The summed E-state index contributed by atoms with van der Waals surface area (Å²) in [6, 6.07) is 20.4. The molecule has 3 aromatic rings. The van der Waals surface area contributed by atoms with Crippen molar-refractivity contribution in [3.05, 3.63) is 83.1 Å². The van der Waals surface area contributed by atoms with Gasteiger partial charge in [0.2, 0.25) is 11.8 Å². The van der Waals surface area contributed by atoms with Gasteiger partial charge < -0.3 is 19.3 Å². The summed E-state index contributed by atoms with van der Waals surface area (Å²) in [5, 5.41) is 0. The average molecular weight is 865 g/mol. The lowest BCUT2D eigenvalue weighted by atomic mass is 9.81. The highest BCUT2D eigenvalue weighted by molar-refractivity contribution is 6.04. The van der Waals surface area contributed by atoms with Crippen LogP contribution in [-0.2, 0) is 35.1 Å². The number of esters is 2. The van der Waals surface area contributed by atoms with Crippen LogP contribution >= 0.6 is 0 Å². The minimum atomic E-state index is -0.403. The van der Waals surface area contributed by atoms with Crippen molar-refractivity contribution in [2.45, 2.75) is 129 Å². The van der Waals surface area contributed by atoms with Gasteiger partial charge in [0.15, 0.2) is 0 Å². The molecule has 2 aliphatic carbocycles. The average Bonchev–Trinajstić information content (AvgIpc) is 4.18. The standard InChI is InChI=1S/C54H64N4O6/c1-7-32(4)43(29-50(60)64-6)54(62)58-23-9-11-48(58)46-26-38-24-35(18-21-44(38)56-46)41-20-19-40(51-36-16-17-37(25-36)52(41)51)34-14-12-33(13-15-34)39-27-45(55-30-39)47-10-8-22-57(47)53(61)42(31(2)3)28-49(59)63-5/h12-15,18-21,24,30-32,36-37,42-43,47-48H,7-11,16-17,22-23,25-29H2,1-6H3/t32-,36?,37?,42-,43?,47-,48-/m0/s1. The number of allylic oxidation sites excluding steroid dienone is 1. The molecule has 64 heavy (non-hydrogen) atoms. The molecule has 0 spiro atoms.